The standard InChI is InChI=1S/C40H45ClN2O6S/c1-47-34-12-5-28(6-13-34)22-43(23-29-7-14-35(48-2)15-8-29)50(45,46)36-16-18-39-38(21-36)42(24-31-9-10-32(31)25-44)26-40(27-49-39)19-3-4-30-20-33(41)11-17-37(30)40/h5-8,11-18,20-21,31-32,44H,3-4,9-10,19,22-27H2,1-2H3/t31?,32?,40-/m0/s1. The highest BCUT2D eigenvalue weighted by Gasteiger charge is 2.43. The molecule has 4 aromatic carbocycles. The van der Waals surface area contributed by atoms with Gasteiger partial charge in [0.1, 0.15) is 17.2 Å². The molecule has 0 radical (unpaired) electrons. The summed E-state index contributed by atoms with van der Waals surface area (Å²) in [6.45, 7) is 2.42. The molecule has 1 fully saturated rings. The molecule has 3 atom stereocenters. The van der Waals surface area contributed by atoms with Crippen LogP contribution in [0.2, 0.25) is 5.02 Å². The van der Waals surface area contributed by atoms with Gasteiger partial charge in [0.2, 0.25) is 10.0 Å². The van der Waals surface area contributed by atoms with Gasteiger partial charge in [-0.1, -0.05) is 41.9 Å². The maximum absolute atomic E-state index is 14.7. The molecule has 2 aliphatic carbocycles. The van der Waals surface area contributed by atoms with Crippen LogP contribution in [0.1, 0.15) is 47.9 Å². The Morgan fingerprint density at radius 1 is 0.900 bits per heavy atom. The van der Waals surface area contributed by atoms with E-state index in [0.29, 0.717) is 36.3 Å². The average molecular weight is 717 g/mol. The fraction of sp³-hybridized carbons (Fsp3) is 0.400. The molecule has 1 heterocycles. The number of methoxy groups -OCH3 is 2. The van der Waals surface area contributed by atoms with Gasteiger partial charge in [0.15, 0.2) is 0 Å². The number of benzene rings is 4. The molecule has 7 rings (SSSR count). The molecule has 1 N–H and O–H groups in total. The molecule has 2 unspecified atom stereocenters. The van der Waals surface area contributed by atoms with Gasteiger partial charge in [-0.05, 0) is 121 Å². The van der Waals surface area contributed by atoms with E-state index in [1.165, 1.54) is 15.4 Å². The molecule has 0 saturated heterocycles. The SMILES string of the molecule is COc1ccc(CN(Cc2ccc(OC)cc2)S(=O)(=O)c2ccc3c(c2)N(CC2CCC2CO)C[C@@]2(CCCc4cc(Cl)ccc42)CO3)cc1. The van der Waals surface area contributed by atoms with Crippen LogP contribution in [0.25, 0.3) is 0 Å². The summed E-state index contributed by atoms with van der Waals surface area (Å²) in [5.74, 6) is 2.66. The van der Waals surface area contributed by atoms with Crippen molar-refractivity contribution in [2.24, 2.45) is 11.8 Å². The lowest BCUT2D eigenvalue weighted by Gasteiger charge is -2.44. The molecule has 264 valence electrons. The van der Waals surface area contributed by atoms with E-state index in [2.05, 4.69) is 17.0 Å². The van der Waals surface area contributed by atoms with Gasteiger partial charge < -0.3 is 24.2 Å². The van der Waals surface area contributed by atoms with Crippen LogP contribution in [-0.4, -0.2) is 58.4 Å². The number of aliphatic hydroxyl groups excluding tert-OH is 1. The summed E-state index contributed by atoms with van der Waals surface area (Å²) in [6, 6.07) is 26.5. The number of nitrogens with zero attached hydrogens (tertiary/aromatic N) is 2. The number of rotatable bonds is 11. The van der Waals surface area contributed by atoms with E-state index in [1.807, 2.05) is 60.7 Å². The summed E-state index contributed by atoms with van der Waals surface area (Å²) >= 11 is 6.44. The molecule has 0 amide bonds. The van der Waals surface area contributed by atoms with E-state index in [0.717, 1.165) is 60.5 Å². The number of anilines is 1. The molecule has 1 saturated carbocycles. The predicted octanol–water partition coefficient (Wildman–Crippen LogP) is 7.24. The highest BCUT2D eigenvalue weighted by Crippen LogP contribution is 2.46. The van der Waals surface area contributed by atoms with Crippen molar-refractivity contribution in [1.29, 1.82) is 0 Å². The minimum Gasteiger partial charge on any atom is -0.497 e. The van der Waals surface area contributed by atoms with Crippen molar-refractivity contribution in [3.05, 3.63) is 112 Å². The quantitative estimate of drug-likeness (QED) is 0.175. The minimum absolute atomic E-state index is 0.161. The zero-order valence-corrected chi connectivity index (χ0v) is 30.3. The van der Waals surface area contributed by atoms with Crippen LogP contribution in [0.3, 0.4) is 0 Å². The third-order valence-corrected chi connectivity index (χ3v) is 13.0. The summed E-state index contributed by atoms with van der Waals surface area (Å²) < 4.78 is 48.3. The number of hydrogen-bond donors (Lipinski definition) is 1. The molecule has 3 aliphatic rings. The van der Waals surface area contributed by atoms with Crippen molar-refractivity contribution in [2.75, 3.05) is 45.4 Å². The maximum Gasteiger partial charge on any atom is 0.243 e. The summed E-state index contributed by atoms with van der Waals surface area (Å²) in [4.78, 5) is 2.56. The fourth-order valence-electron chi connectivity index (χ4n) is 7.90. The number of aryl methyl sites for hydroxylation is 1. The zero-order chi connectivity index (χ0) is 34.9. The van der Waals surface area contributed by atoms with Crippen LogP contribution in [0.4, 0.5) is 5.69 Å². The van der Waals surface area contributed by atoms with E-state index < -0.39 is 10.0 Å². The van der Waals surface area contributed by atoms with Crippen LogP contribution >= 0.6 is 11.6 Å². The van der Waals surface area contributed by atoms with Crippen molar-refractivity contribution in [1.82, 2.24) is 4.31 Å². The van der Waals surface area contributed by atoms with Crippen molar-refractivity contribution >= 4 is 27.3 Å². The number of hydrogen-bond acceptors (Lipinski definition) is 7. The Morgan fingerprint density at radius 3 is 2.16 bits per heavy atom. The van der Waals surface area contributed by atoms with Gasteiger partial charge in [-0.3, -0.25) is 0 Å². The first-order valence-corrected chi connectivity index (χ1v) is 19.2. The minimum atomic E-state index is -3.99. The molecule has 1 spiro atoms. The molecule has 4 aromatic rings. The molecular weight excluding hydrogens is 672 g/mol. The maximum atomic E-state index is 14.7. The number of halogens is 1. The van der Waals surface area contributed by atoms with Gasteiger partial charge in [-0.15, -0.1) is 0 Å². The van der Waals surface area contributed by atoms with E-state index in [4.69, 9.17) is 25.8 Å². The Hall–Kier alpha value is -3.76. The fourth-order valence-corrected chi connectivity index (χ4v) is 9.53. The molecule has 0 aromatic heterocycles. The van der Waals surface area contributed by atoms with E-state index in [-0.39, 0.29) is 35.9 Å². The largest absolute Gasteiger partial charge is 0.497 e. The number of aliphatic hydroxyl groups is 1. The van der Waals surface area contributed by atoms with Gasteiger partial charge in [0.05, 0.1) is 31.4 Å². The lowest BCUT2D eigenvalue weighted by Crippen LogP contribution is -2.48. The highest BCUT2D eigenvalue weighted by molar-refractivity contribution is 7.89. The molecule has 50 heavy (non-hydrogen) atoms. The van der Waals surface area contributed by atoms with E-state index in [1.54, 1.807) is 26.4 Å². The first-order valence-electron chi connectivity index (χ1n) is 17.4. The summed E-state index contributed by atoms with van der Waals surface area (Å²) in [7, 11) is -0.763. The summed E-state index contributed by atoms with van der Waals surface area (Å²) in [6.07, 6.45) is 5.00. The number of sulfonamides is 1. The Morgan fingerprint density at radius 2 is 1.56 bits per heavy atom. The number of ether oxygens (including phenoxy) is 3. The van der Waals surface area contributed by atoms with Gasteiger partial charge in [0.25, 0.3) is 0 Å². The zero-order valence-electron chi connectivity index (χ0n) is 28.7. The normalized spacial score (nSPS) is 21.5. The van der Waals surface area contributed by atoms with Gasteiger partial charge in [-0.25, -0.2) is 8.42 Å². The van der Waals surface area contributed by atoms with Crippen LogP contribution < -0.4 is 19.1 Å². The third-order valence-electron chi connectivity index (χ3n) is 10.9. The van der Waals surface area contributed by atoms with Crippen molar-refractivity contribution < 1.29 is 27.7 Å². The monoisotopic (exact) mass is 716 g/mol. The van der Waals surface area contributed by atoms with Gasteiger partial charge in [-0.2, -0.15) is 4.31 Å². The second kappa shape index (κ2) is 14.5. The summed E-state index contributed by atoms with van der Waals surface area (Å²) in [5, 5.41) is 10.8. The van der Waals surface area contributed by atoms with Crippen LogP contribution in [0.5, 0.6) is 17.2 Å². The first-order chi connectivity index (χ1) is 24.2. The highest BCUT2D eigenvalue weighted by atomic mass is 35.5. The lowest BCUT2D eigenvalue weighted by atomic mass is 9.69. The van der Waals surface area contributed by atoms with Gasteiger partial charge in [0, 0.05) is 43.2 Å². The predicted molar refractivity (Wildman–Crippen MR) is 196 cm³/mol. The summed E-state index contributed by atoms with van der Waals surface area (Å²) in [5.41, 5.74) is 4.72. The molecule has 10 heteroatoms. The van der Waals surface area contributed by atoms with Crippen LogP contribution in [0, 0.1) is 11.8 Å². The van der Waals surface area contributed by atoms with E-state index in [9.17, 15) is 13.5 Å². The second-order valence-corrected chi connectivity index (χ2v) is 16.4. The molecule has 0 bridgehead atoms. The Balaban J connectivity index is 1.26. The van der Waals surface area contributed by atoms with Crippen molar-refractivity contribution in [3.8, 4) is 17.2 Å². The second-order valence-electron chi connectivity index (χ2n) is 14.0. The molecule has 8 nitrogen and oxygen atoms in total. The first kappa shape index (κ1) is 34.7. The molecular formula is C40H45ClN2O6S. The van der Waals surface area contributed by atoms with Crippen molar-refractivity contribution in [2.45, 2.75) is 55.5 Å². The Labute approximate surface area is 300 Å². The van der Waals surface area contributed by atoms with Crippen molar-refractivity contribution in [3.63, 3.8) is 0 Å². The van der Waals surface area contributed by atoms with E-state index >= 15 is 0 Å². The van der Waals surface area contributed by atoms with Crippen LogP contribution in [0.15, 0.2) is 89.8 Å². The van der Waals surface area contributed by atoms with Crippen LogP contribution in [-0.2, 0) is 34.9 Å². The average Bonchev–Trinajstić information content (AvgIpc) is 3.27. The Kier molecular flexibility index (Phi) is 10.0. The van der Waals surface area contributed by atoms with Gasteiger partial charge >= 0.3 is 0 Å². The Bertz CT molecular complexity index is 1870. The lowest BCUT2D eigenvalue weighted by molar-refractivity contribution is 0.0936. The smallest absolute Gasteiger partial charge is 0.243 e. The topological polar surface area (TPSA) is 88.5 Å². The molecule has 1 aliphatic heterocycles. The third kappa shape index (κ3) is 6.93. The number of fused-ring (bicyclic) bond motifs is 3.